The topological polar surface area (TPSA) is 21.3 Å². The van der Waals surface area contributed by atoms with Gasteiger partial charge in [-0.05, 0) is 43.5 Å². The number of ether oxygens (including phenoxy) is 1. The summed E-state index contributed by atoms with van der Waals surface area (Å²) in [7, 11) is 1.77. The lowest BCUT2D eigenvalue weighted by Crippen LogP contribution is -2.46. The fourth-order valence-corrected chi connectivity index (χ4v) is 2.59. The van der Waals surface area contributed by atoms with Crippen LogP contribution in [0, 0.1) is 0 Å². The average Bonchev–Trinajstić information content (AvgIpc) is 2.71. The van der Waals surface area contributed by atoms with E-state index in [2.05, 4.69) is 17.4 Å². The number of nitrogens with one attached hydrogen (secondary N) is 1. The van der Waals surface area contributed by atoms with Gasteiger partial charge in [-0.25, -0.2) is 0 Å². The van der Waals surface area contributed by atoms with Crippen molar-refractivity contribution in [1.29, 1.82) is 0 Å². The summed E-state index contributed by atoms with van der Waals surface area (Å²) in [5.74, 6) is 0. The normalized spacial score (nSPS) is 24.9. The van der Waals surface area contributed by atoms with Crippen LogP contribution in [0.4, 0.5) is 0 Å². The fraction of sp³-hybridized carbons (Fsp3) is 0.538. The first-order valence-corrected chi connectivity index (χ1v) is 6.10. The van der Waals surface area contributed by atoms with E-state index in [1.807, 2.05) is 12.1 Å². The van der Waals surface area contributed by atoms with E-state index in [0.29, 0.717) is 0 Å². The van der Waals surface area contributed by atoms with E-state index in [1.54, 1.807) is 7.11 Å². The van der Waals surface area contributed by atoms with Crippen molar-refractivity contribution in [1.82, 2.24) is 5.32 Å². The van der Waals surface area contributed by atoms with Crippen LogP contribution in [-0.4, -0.2) is 25.8 Å². The van der Waals surface area contributed by atoms with Gasteiger partial charge in [0.2, 0.25) is 0 Å². The molecule has 0 radical (unpaired) electrons. The van der Waals surface area contributed by atoms with Crippen molar-refractivity contribution in [3.63, 3.8) is 0 Å². The molecule has 16 heavy (non-hydrogen) atoms. The molecule has 2 rings (SSSR count). The van der Waals surface area contributed by atoms with Gasteiger partial charge in [0.15, 0.2) is 0 Å². The van der Waals surface area contributed by atoms with Crippen LogP contribution in [0.15, 0.2) is 24.3 Å². The maximum atomic E-state index is 5.88. The van der Waals surface area contributed by atoms with Crippen LogP contribution >= 0.6 is 11.6 Å². The molecule has 0 amide bonds. The molecule has 0 spiro atoms. The van der Waals surface area contributed by atoms with E-state index in [1.165, 1.54) is 18.4 Å². The van der Waals surface area contributed by atoms with Gasteiger partial charge in [0.1, 0.15) is 0 Å². The second-order valence-electron chi connectivity index (χ2n) is 4.55. The lowest BCUT2D eigenvalue weighted by Gasteiger charge is -2.28. The summed E-state index contributed by atoms with van der Waals surface area (Å²) in [5, 5.41) is 4.37. The van der Waals surface area contributed by atoms with Crippen LogP contribution in [0.1, 0.15) is 18.4 Å². The third-order valence-electron chi connectivity index (χ3n) is 3.21. The monoisotopic (exact) mass is 239 g/mol. The molecular weight excluding hydrogens is 222 g/mol. The van der Waals surface area contributed by atoms with Crippen LogP contribution < -0.4 is 5.32 Å². The summed E-state index contributed by atoms with van der Waals surface area (Å²) in [6.07, 6.45) is 3.43. The van der Waals surface area contributed by atoms with Crippen molar-refractivity contribution in [2.45, 2.75) is 24.8 Å². The Balaban J connectivity index is 2.08. The minimum atomic E-state index is 0.128. The first-order valence-electron chi connectivity index (χ1n) is 5.73. The first kappa shape index (κ1) is 11.9. The Morgan fingerprint density at radius 3 is 2.69 bits per heavy atom. The summed E-state index contributed by atoms with van der Waals surface area (Å²) >= 11 is 5.88. The standard InChI is InChI=1S/C13H18ClNO/c1-16-10-13(7-2-8-15-13)9-11-3-5-12(14)6-4-11/h3-6,15H,2,7-10H2,1H3. The van der Waals surface area contributed by atoms with Gasteiger partial charge in [-0.15, -0.1) is 0 Å². The van der Waals surface area contributed by atoms with Gasteiger partial charge in [0, 0.05) is 17.7 Å². The van der Waals surface area contributed by atoms with E-state index in [0.717, 1.165) is 24.6 Å². The van der Waals surface area contributed by atoms with E-state index in [4.69, 9.17) is 16.3 Å². The molecule has 2 nitrogen and oxygen atoms in total. The van der Waals surface area contributed by atoms with E-state index >= 15 is 0 Å². The zero-order chi connectivity index (χ0) is 11.4. The zero-order valence-corrected chi connectivity index (χ0v) is 10.4. The van der Waals surface area contributed by atoms with Gasteiger partial charge in [0.25, 0.3) is 0 Å². The maximum Gasteiger partial charge on any atom is 0.0647 e. The highest BCUT2D eigenvalue weighted by molar-refractivity contribution is 6.30. The highest BCUT2D eigenvalue weighted by Gasteiger charge is 2.33. The first-order chi connectivity index (χ1) is 7.74. The molecule has 3 heteroatoms. The predicted octanol–water partition coefficient (Wildman–Crippen LogP) is 2.65. The Morgan fingerprint density at radius 2 is 2.12 bits per heavy atom. The molecule has 1 aromatic carbocycles. The van der Waals surface area contributed by atoms with Crippen molar-refractivity contribution >= 4 is 11.6 Å². The highest BCUT2D eigenvalue weighted by atomic mass is 35.5. The number of rotatable bonds is 4. The summed E-state index contributed by atoms with van der Waals surface area (Å²) in [4.78, 5) is 0. The molecule has 0 aromatic heterocycles. The predicted molar refractivity (Wildman–Crippen MR) is 67.0 cm³/mol. The smallest absolute Gasteiger partial charge is 0.0647 e. The molecule has 1 saturated heterocycles. The molecule has 1 aliphatic heterocycles. The number of hydrogen-bond donors (Lipinski definition) is 1. The van der Waals surface area contributed by atoms with Gasteiger partial charge in [-0.1, -0.05) is 23.7 Å². The molecule has 0 bridgehead atoms. The van der Waals surface area contributed by atoms with Crippen LogP contribution in [0.25, 0.3) is 0 Å². The molecule has 1 aliphatic rings. The zero-order valence-electron chi connectivity index (χ0n) is 9.63. The molecule has 0 aliphatic carbocycles. The van der Waals surface area contributed by atoms with Crippen molar-refractivity contribution < 1.29 is 4.74 Å². The van der Waals surface area contributed by atoms with Crippen LogP contribution in [0.3, 0.4) is 0 Å². The Kier molecular flexibility index (Phi) is 3.85. The Hall–Kier alpha value is -0.570. The Morgan fingerprint density at radius 1 is 1.38 bits per heavy atom. The molecule has 88 valence electrons. The summed E-state index contributed by atoms with van der Waals surface area (Å²) in [6, 6.07) is 8.10. The molecule has 1 aromatic rings. The van der Waals surface area contributed by atoms with Crippen molar-refractivity contribution in [2.24, 2.45) is 0 Å². The van der Waals surface area contributed by atoms with Gasteiger partial charge in [-0.2, -0.15) is 0 Å². The molecular formula is C13H18ClNO. The number of methoxy groups -OCH3 is 1. The number of hydrogen-bond acceptors (Lipinski definition) is 2. The van der Waals surface area contributed by atoms with Gasteiger partial charge < -0.3 is 10.1 Å². The highest BCUT2D eigenvalue weighted by Crippen LogP contribution is 2.25. The molecule has 1 heterocycles. The lowest BCUT2D eigenvalue weighted by atomic mass is 9.90. The fourth-order valence-electron chi connectivity index (χ4n) is 2.46. The number of benzene rings is 1. The van der Waals surface area contributed by atoms with Gasteiger partial charge in [0.05, 0.1) is 6.61 Å². The van der Waals surface area contributed by atoms with Crippen LogP contribution in [0.2, 0.25) is 5.02 Å². The minimum Gasteiger partial charge on any atom is -0.383 e. The average molecular weight is 240 g/mol. The SMILES string of the molecule is COCC1(Cc2ccc(Cl)cc2)CCCN1. The van der Waals surface area contributed by atoms with Crippen LogP contribution in [-0.2, 0) is 11.2 Å². The summed E-state index contributed by atoms with van der Waals surface area (Å²) in [6.45, 7) is 1.87. The van der Waals surface area contributed by atoms with Crippen molar-refractivity contribution in [3.8, 4) is 0 Å². The molecule has 0 saturated carbocycles. The largest absolute Gasteiger partial charge is 0.383 e. The molecule has 1 atom stereocenters. The minimum absolute atomic E-state index is 0.128. The van der Waals surface area contributed by atoms with E-state index < -0.39 is 0 Å². The maximum absolute atomic E-state index is 5.88. The van der Waals surface area contributed by atoms with Gasteiger partial charge >= 0.3 is 0 Å². The molecule has 1 fully saturated rings. The van der Waals surface area contributed by atoms with E-state index in [-0.39, 0.29) is 5.54 Å². The number of halogens is 1. The van der Waals surface area contributed by atoms with Crippen LogP contribution in [0.5, 0.6) is 0 Å². The van der Waals surface area contributed by atoms with Crippen molar-refractivity contribution in [2.75, 3.05) is 20.3 Å². The second kappa shape index (κ2) is 5.17. The third kappa shape index (κ3) is 2.76. The Bertz CT molecular complexity index is 330. The molecule has 1 N–H and O–H groups in total. The second-order valence-corrected chi connectivity index (χ2v) is 4.98. The summed E-state index contributed by atoms with van der Waals surface area (Å²) in [5.41, 5.74) is 1.44. The lowest BCUT2D eigenvalue weighted by molar-refractivity contribution is 0.120. The van der Waals surface area contributed by atoms with Crippen molar-refractivity contribution in [3.05, 3.63) is 34.9 Å². The molecule has 1 unspecified atom stereocenters. The quantitative estimate of drug-likeness (QED) is 0.872. The third-order valence-corrected chi connectivity index (χ3v) is 3.46. The van der Waals surface area contributed by atoms with Gasteiger partial charge in [-0.3, -0.25) is 0 Å². The Labute approximate surface area is 102 Å². The van der Waals surface area contributed by atoms with E-state index in [9.17, 15) is 0 Å². The summed E-state index contributed by atoms with van der Waals surface area (Å²) < 4.78 is 5.34.